The highest BCUT2D eigenvalue weighted by Crippen LogP contribution is 2.25. The second kappa shape index (κ2) is 3.43. The summed E-state index contributed by atoms with van der Waals surface area (Å²) in [6, 6.07) is 1.34. The Labute approximate surface area is 75.7 Å². The van der Waals surface area contributed by atoms with Crippen molar-refractivity contribution in [3.63, 3.8) is 0 Å². The summed E-state index contributed by atoms with van der Waals surface area (Å²) >= 11 is 2.99. The lowest BCUT2D eigenvalue weighted by Gasteiger charge is -2.06. The molecule has 0 unspecified atom stereocenters. The van der Waals surface area contributed by atoms with Crippen LogP contribution in [-0.2, 0) is 6.42 Å². The first-order valence-electron chi connectivity index (χ1n) is 3.14. The zero-order valence-electron chi connectivity index (χ0n) is 5.90. The lowest BCUT2D eigenvalue weighted by Crippen LogP contribution is -2.11. The third-order valence-electron chi connectivity index (χ3n) is 1.25. The fourth-order valence-corrected chi connectivity index (χ4v) is 1.15. The molecule has 1 rings (SSSR count). The van der Waals surface area contributed by atoms with Crippen LogP contribution in [0, 0.1) is 0 Å². The van der Waals surface area contributed by atoms with Crippen molar-refractivity contribution in [2.75, 3.05) is 0 Å². The molecule has 12 heavy (non-hydrogen) atoms. The maximum Gasteiger partial charge on any atom is 0.393 e. The molecule has 0 radical (unpaired) electrons. The minimum atomic E-state index is -4.16. The second-order valence-electron chi connectivity index (χ2n) is 2.26. The van der Waals surface area contributed by atoms with Gasteiger partial charge >= 0.3 is 6.18 Å². The van der Waals surface area contributed by atoms with Crippen LogP contribution in [0.15, 0.2) is 22.9 Å². The first kappa shape index (κ1) is 9.51. The summed E-state index contributed by atoms with van der Waals surface area (Å²) in [4.78, 5) is 3.66. The van der Waals surface area contributed by atoms with Crippen molar-refractivity contribution in [1.82, 2.24) is 4.98 Å². The quantitative estimate of drug-likeness (QED) is 0.735. The van der Waals surface area contributed by atoms with E-state index in [4.69, 9.17) is 0 Å². The summed E-state index contributed by atoms with van der Waals surface area (Å²) in [5.74, 6) is 0. The van der Waals surface area contributed by atoms with Gasteiger partial charge in [0, 0.05) is 16.9 Å². The van der Waals surface area contributed by atoms with Crippen LogP contribution in [0.5, 0.6) is 0 Å². The predicted octanol–water partition coefficient (Wildman–Crippen LogP) is 2.95. The number of hydrogen-bond donors (Lipinski definition) is 0. The maximum absolute atomic E-state index is 11.9. The van der Waals surface area contributed by atoms with E-state index in [1.807, 2.05) is 0 Å². The van der Waals surface area contributed by atoms with Crippen molar-refractivity contribution in [3.05, 3.63) is 28.5 Å². The largest absolute Gasteiger partial charge is 0.393 e. The van der Waals surface area contributed by atoms with E-state index in [9.17, 15) is 13.2 Å². The van der Waals surface area contributed by atoms with Crippen molar-refractivity contribution in [3.8, 4) is 0 Å². The van der Waals surface area contributed by atoms with Gasteiger partial charge in [0.05, 0.1) is 6.42 Å². The highest BCUT2D eigenvalue weighted by molar-refractivity contribution is 9.10. The number of alkyl halides is 3. The molecule has 0 aliphatic rings. The van der Waals surface area contributed by atoms with Gasteiger partial charge in [-0.2, -0.15) is 13.2 Å². The number of halogens is 4. The molecular formula is C7H5BrF3N. The van der Waals surface area contributed by atoms with Gasteiger partial charge in [-0.3, -0.25) is 4.98 Å². The third-order valence-corrected chi connectivity index (χ3v) is 1.96. The molecule has 0 saturated carbocycles. The zero-order valence-corrected chi connectivity index (χ0v) is 7.48. The van der Waals surface area contributed by atoms with E-state index in [0.29, 0.717) is 4.47 Å². The van der Waals surface area contributed by atoms with Crippen LogP contribution >= 0.6 is 15.9 Å². The Morgan fingerprint density at radius 3 is 2.58 bits per heavy atom. The Kier molecular flexibility index (Phi) is 2.72. The molecule has 1 aromatic rings. The molecule has 0 aliphatic carbocycles. The molecule has 66 valence electrons. The van der Waals surface area contributed by atoms with E-state index in [-0.39, 0.29) is 5.56 Å². The number of rotatable bonds is 1. The molecule has 0 fully saturated rings. The molecule has 0 aliphatic heterocycles. The second-order valence-corrected chi connectivity index (χ2v) is 3.11. The van der Waals surface area contributed by atoms with Crippen molar-refractivity contribution < 1.29 is 13.2 Å². The number of nitrogens with zero attached hydrogens (tertiary/aromatic N) is 1. The normalized spacial score (nSPS) is 11.7. The molecule has 0 amide bonds. The fraction of sp³-hybridized carbons (Fsp3) is 0.286. The summed E-state index contributed by atoms with van der Waals surface area (Å²) in [6.45, 7) is 0. The van der Waals surface area contributed by atoms with Gasteiger partial charge in [0.25, 0.3) is 0 Å². The van der Waals surface area contributed by atoms with Gasteiger partial charge in [0.1, 0.15) is 0 Å². The van der Waals surface area contributed by atoms with Gasteiger partial charge in [0.2, 0.25) is 0 Å². The monoisotopic (exact) mass is 239 g/mol. The summed E-state index contributed by atoms with van der Waals surface area (Å²) in [6.07, 6.45) is -2.40. The molecule has 0 N–H and O–H groups in total. The van der Waals surface area contributed by atoms with Crippen molar-refractivity contribution in [1.29, 1.82) is 0 Å². The van der Waals surface area contributed by atoms with Crippen molar-refractivity contribution in [2.45, 2.75) is 12.6 Å². The Hall–Kier alpha value is -0.580. The van der Waals surface area contributed by atoms with E-state index in [2.05, 4.69) is 20.9 Å². The zero-order chi connectivity index (χ0) is 9.19. The third kappa shape index (κ3) is 2.81. The summed E-state index contributed by atoms with van der Waals surface area (Å²) in [5, 5.41) is 0. The van der Waals surface area contributed by atoms with Gasteiger partial charge in [-0.15, -0.1) is 0 Å². The number of aromatic nitrogens is 1. The van der Waals surface area contributed by atoms with Crippen LogP contribution < -0.4 is 0 Å². The van der Waals surface area contributed by atoms with Gasteiger partial charge in [-0.25, -0.2) is 0 Å². The van der Waals surface area contributed by atoms with E-state index in [1.165, 1.54) is 18.5 Å². The molecule has 5 heteroatoms. The SMILES string of the molecule is FC(F)(F)Cc1ccncc1Br. The topological polar surface area (TPSA) is 12.9 Å². The Morgan fingerprint density at radius 1 is 1.42 bits per heavy atom. The lowest BCUT2D eigenvalue weighted by molar-refractivity contribution is -0.127. The van der Waals surface area contributed by atoms with Gasteiger partial charge < -0.3 is 0 Å². The summed E-state index contributed by atoms with van der Waals surface area (Å²) < 4.78 is 36.0. The standard InChI is InChI=1S/C7H5BrF3N/c8-6-4-12-2-1-5(6)3-7(9,10)11/h1-2,4H,3H2. The molecule has 1 heterocycles. The van der Waals surface area contributed by atoms with Crippen molar-refractivity contribution >= 4 is 15.9 Å². The molecule has 0 atom stereocenters. The highest BCUT2D eigenvalue weighted by atomic mass is 79.9. The van der Waals surface area contributed by atoms with Crippen LogP contribution in [-0.4, -0.2) is 11.2 Å². The van der Waals surface area contributed by atoms with Crippen LogP contribution in [0.1, 0.15) is 5.56 Å². The van der Waals surface area contributed by atoms with Gasteiger partial charge in [-0.1, -0.05) is 0 Å². The van der Waals surface area contributed by atoms with Gasteiger partial charge in [-0.05, 0) is 27.6 Å². The molecule has 0 aromatic carbocycles. The predicted molar refractivity (Wildman–Crippen MR) is 41.7 cm³/mol. The van der Waals surface area contributed by atoms with E-state index < -0.39 is 12.6 Å². The van der Waals surface area contributed by atoms with Crippen LogP contribution in [0.3, 0.4) is 0 Å². The highest BCUT2D eigenvalue weighted by Gasteiger charge is 2.28. The smallest absolute Gasteiger partial charge is 0.264 e. The van der Waals surface area contributed by atoms with Crippen LogP contribution in [0.25, 0.3) is 0 Å². The van der Waals surface area contributed by atoms with E-state index in [0.717, 1.165) is 0 Å². The molecule has 0 saturated heterocycles. The van der Waals surface area contributed by atoms with Gasteiger partial charge in [0.15, 0.2) is 0 Å². The number of pyridine rings is 1. The lowest BCUT2D eigenvalue weighted by atomic mass is 10.2. The van der Waals surface area contributed by atoms with E-state index in [1.54, 1.807) is 0 Å². The Bertz CT molecular complexity index is 272. The molecule has 1 nitrogen and oxygen atoms in total. The fourth-order valence-electron chi connectivity index (χ4n) is 0.763. The molecular weight excluding hydrogens is 235 g/mol. The number of hydrogen-bond acceptors (Lipinski definition) is 1. The van der Waals surface area contributed by atoms with Crippen LogP contribution in [0.2, 0.25) is 0 Å². The van der Waals surface area contributed by atoms with E-state index >= 15 is 0 Å². The Morgan fingerprint density at radius 2 is 2.08 bits per heavy atom. The minimum Gasteiger partial charge on any atom is -0.264 e. The first-order valence-corrected chi connectivity index (χ1v) is 3.93. The molecule has 0 spiro atoms. The first-order chi connectivity index (χ1) is 5.49. The average Bonchev–Trinajstić information content (AvgIpc) is 1.91. The van der Waals surface area contributed by atoms with Crippen molar-refractivity contribution in [2.24, 2.45) is 0 Å². The average molecular weight is 240 g/mol. The molecule has 1 aromatic heterocycles. The Balaban J connectivity index is 2.83. The summed E-state index contributed by atoms with van der Waals surface area (Å²) in [5.41, 5.74) is 0.206. The van der Waals surface area contributed by atoms with Crippen LogP contribution in [0.4, 0.5) is 13.2 Å². The molecule has 0 bridgehead atoms. The maximum atomic E-state index is 11.9. The summed E-state index contributed by atoms with van der Waals surface area (Å²) in [7, 11) is 0. The minimum absolute atomic E-state index is 0.206.